The molecule has 0 atom stereocenters. The second-order valence-electron chi connectivity index (χ2n) is 5.87. The van der Waals surface area contributed by atoms with Gasteiger partial charge in [0.2, 0.25) is 0 Å². The fourth-order valence-corrected chi connectivity index (χ4v) is 3.68. The van der Waals surface area contributed by atoms with Gasteiger partial charge in [0.15, 0.2) is 11.6 Å². The van der Waals surface area contributed by atoms with E-state index in [4.69, 9.17) is 4.74 Å². The average molecular weight is 398 g/mol. The number of nitrogens with one attached hydrogen (secondary N) is 1. The third-order valence-electron chi connectivity index (χ3n) is 4.00. The summed E-state index contributed by atoms with van der Waals surface area (Å²) in [5, 5.41) is 8.20. The third kappa shape index (κ3) is 4.58. The Balaban J connectivity index is 1.76. The van der Waals surface area contributed by atoms with E-state index in [-0.39, 0.29) is 10.7 Å². The lowest BCUT2D eigenvalue weighted by molar-refractivity contribution is 0.340. The predicted molar refractivity (Wildman–Crippen MR) is 110 cm³/mol. The van der Waals surface area contributed by atoms with Crippen LogP contribution in [0.1, 0.15) is 13.8 Å². The van der Waals surface area contributed by atoms with Crippen molar-refractivity contribution in [1.82, 2.24) is 10.2 Å². The molecule has 0 saturated carbocycles. The minimum Gasteiger partial charge on any atom is -0.494 e. The van der Waals surface area contributed by atoms with Gasteiger partial charge in [-0.05, 0) is 62.4 Å². The molecule has 0 radical (unpaired) electrons. The van der Waals surface area contributed by atoms with E-state index in [1.165, 1.54) is 12.1 Å². The molecule has 0 amide bonds. The van der Waals surface area contributed by atoms with E-state index in [0.29, 0.717) is 24.7 Å². The smallest absolute Gasteiger partial charge is 0.263 e. The highest BCUT2D eigenvalue weighted by molar-refractivity contribution is 7.92. The fraction of sp³-hybridized carbons (Fsp3) is 0.200. The molecular weight excluding hydrogens is 376 g/mol. The van der Waals surface area contributed by atoms with Gasteiger partial charge in [0.25, 0.3) is 10.0 Å². The number of aromatic nitrogens is 2. The first-order chi connectivity index (χ1) is 13.5. The van der Waals surface area contributed by atoms with E-state index in [2.05, 4.69) is 14.9 Å². The predicted octanol–water partition coefficient (Wildman–Crippen LogP) is 3.83. The lowest BCUT2D eigenvalue weighted by Gasteiger charge is -2.21. The van der Waals surface area contributed by atoms with Gasteiger partial charge < -0.3 is 9.64 Å². The maximum atomic E-state index is 12.5. The largest absolute Gasteiger partial charge is 0.494 e. The Morgan fingerprint density at radius 2 is 1.64 bits per heavy atom. The summed E-state index contributed by atoms with van der Waals surface area (Å²) in [6.07, 6.45) is 0. The molecule has 3 aromatic rings. The Morgan fingerprint density at radius 1 is 0.929 bits per heavy atom. The molecule has 0 aliphatic heterocycles. The second-order valence-corrected chi connectivity index (χ2v) is 7.55. The lowest BCUT2D eigenvalue weighted by atomic mass is 10.3. The Hall–Kier alpha value is -3.13. The third-order valence-corrected chi connectivity index (χ3v) is 5.37. The van der Waals surface area contributed by atoms with Crippen molar-refractivity contribution < 1.29 is 13.2 Å². The number of para-hydroxylation sites is 1. The van der Waals surface area contributed by atoms with Gasteiger partial charge in [0.1, 0.15) is 5.75 Å². The molecule has 28 heavy (non-hydrogen) atoms. The number of hydrogen-bond acceptors (Lipinski definition) is 6. The average Bonchev–Trinajstić information content (AvgIpc) is 2.71. The summed E-state index contributed by atoms with van der Waals surface area (Å²) in [7, 11) is -3.76. The van der Waals surface area contributed by atoms with Crippen LogP contribution in [0.2, 0.25) is 0 Å². The monoisotopic (exact) mass is 398 g/mol. The van der Waals surface area contributed by atoms with Gasteiger partial charge in [0, 0.05) is 12.2 Å². The molecule has 3 rings (SSSR count). The normalized spacial score (nSPS) is 11.1. The van der Waals surface area contributed by atoms with Gasteiger partial charge in [-0.1, -0.05) is 18.2 Å². The van der Waals surface area contributed by atoms with Gasteiger partial charge in [-0.25, -0.2) is 8.42 Å². The Kier molecular flexibility index (Phi) is 6.10. The molecule has 1 aromatic heterocycles. The van der Waals surface area contributed by atoms with Crippen molar-refractivity contribution in [2.75, 3.05) is 22.8 Å². The highest BCUT2D eigenvalue weighted by Gasteiger charge is 2.16. The zero-order chi connectivity index (χ0) is 20.0. The summed E-state index contributed by atoms with van der Waals surface area (Å²) < 4.78 is 32.9. The van der Waals surface area contributed by atoms with E-state index in [0.717, 1.165) is 5.69 Å². The molecule has 0 bridgehead atoms. The van der Waals surface area contributed by atoms with Crippen molar-refractivity contribution in [3.8, 4) is 5.75 Å². The molecule has 0 unspecified atom stereocenters. The Bertz CT molecular complexity index is 992. The van der Waals surface area contributed by atoms with Gasteiger partial charge in [-0.15, -0.1) is 10.2 Å². The van der Waals surface area contributed by atoms with Crippen LogP contribution >= 0.6 is 0 Å². The summed E-state index contributed by atoms with van der Waals surface area (Å²) in [4.78, 5) is 2.11. The first-order valence-corrected chi connectivity index (χ1v) is 10.4. The van der Waals surface area contributed by atoms with Crippen LogP contribution in [0.15, 0.2) is 71.6 Å². The molecular formula is C20H22N4O3S. The van der Waals surface area contributed by atoms with E-state index in [1.807, 2.05) is 49.1 Å². The summed E-state index contributed by atoms with van der Waals surface area (Å²) >= 11 is 0. The number of hydrogen-bond donors (Lipinski definition) is 1. The standard InChI is InChI=1S/C20H22N4O3S/c1-3-24(16-8-6-5-7-9-16)20-15-14-19(21-22-20)23-28(25,26)18-12-10-17(11-13-18)27-4-2/h5-15H,3-4H2,1-2H3,(H,21,23). The Morgan fingerprint density at radius 3 is 2.21 bits per heavy atom. The van der Waals surface area contributed by atoms with Gasteiger partial charge in [-0.2, -0.15) is 0 Å². The van der Waals surface area contributed by atoms with Crippen LogP contribution in [0.25, 0.3) is 0 Å². The first kappa shape index (κ1) is 19.6. The van der Waals surface area contributed by atoms with Crippen LogP contribution in [0.5, 0.6) is 5.75 Å². The summed E-state index contributed by atoms with van der Waals surface area (Å²) in [5.41, 5.74) is 0.988. The molecule has 146 valence electrons. The van der Waals surface area contributed by atoms with Crippen LogP contribution in [0, 0.1) is 0 Å². The highest BCUT2D eigenvalue weighted by Crippen LogP contribution is 2.23. The van der Waals surface area contributed by atoms with Crippen molar-refractivity contribution in [2.24, 2.45) is 0 Å². The SMILES string of the molecule is CCOc1ccc(S(=O)(=O)Nc2ccc(N(CC)c3ccccc3)nn2)cc1. The van der Waals surface area contributed by atoms with E-state index in [9.17, 15) is 8.42 Å². The lowest BCUT2D eigenvalue weighted by Crippen LogP contribution is -2.19. The van der Waals surface area contributed by atoms with Gasteiger partial charge in [-0.3, -0.25) is 4.72 Å². The minimum atomic E-state index is -3.76. The molecule has 0 aliphatic carbocycles. The number of benzene rings is 2. The first-order valence-electron chi connectivity index (χ1n) is 8.95. The fourth-order valence-electron chi connectivity index (χ4n) is 2.69. The highest BCUT2D eigenvalue weighted by atomic mass is 32.2. The molecule has 0 spiro atoms. The molecule has 0 aliphatic rings. The van der Waals surface area contributed by atoms with Crippen molar-refractivity contribution >= 4 is 27.3 Å². The molecule has 1 heterocycles. The molecule has 7 nitrogen and oxygen atoms in total. The number of ether oxygens (including phenoxy) is 1. The van der Waals surface area contributed by atoms with Crippen molar-refractivity contribution in [2.45, 2.75) is 18.7 Å². The van der Waals surface area contributed by atoms with E-state index >= 15 is 0 Å². The summed E-state index contributed by atoms with van der Waals surface area (Å²) in [5.74, 6) is 1.41. The number of sulfonamides is 1. The molecule has 0 fully saturated rings. The summed E-state index contributed by atoms with van der Waals surface area (Å²) in [6, 6.07) is 19.3. The van der Waals surface area contributed by atoms with Crippen LogP contribution in [-0.2, 0) is 10.0 Å². The van der Waals surface area contributed by atoms with Crippen molar-refractivity contribution in [1.29, 1.82) is 0 Å². The topological polar surface area (TPSA) is 84.4 Å². The van der Waals surface area contributed by atoms with Gasteiger partial charge >= 0.3 is 0 Å². The van der Waals surface area contributed by atoms with Crippen molar-refractivity contribution in [3.05, 3.63) is 66.7 Å². The zero-order valence-electron chi connectivity index (χ0n) is 15.7. The van der Waals surface area contributed by atoms with E-state index in [1.54, 1.807) is 24.3 Å². The van der Waals surface area contributed by atoms with Crippen LogP contribution in [-0.4, -0.2) is 31.8 Å². The quantitative estimate of drug-likeness (QED) is 0.621. The number of nitrogens with zero attached hydrogens (tertiary/aromatic N) is 3. The summed E-state index contributed by atoms with van der Waals surface area (Å²) in [6.45, 7) is 5.10. The zero-order valence-corrected chi connectivity index (χ0v) is 16.6. The Labute approximate surface area is 165 Å². The van der Waals surface area contributed by atoms with Crippen molar-refractivity contribution in [3.63, 3.8) is 0 Å². The maximum Gasteiger partial charge on any atom is 0.263 e. The van der Waals surface area contributed by atoms with E-state index < -0.39 is 10.0 Å². The molecule has 8 heteroatoms. The number of rotatable bonds is 8. The molecule has 1 N–H and O–H groups in total. The number of anilines is 3. The van der Waals surface area contributed by atoms with Crippen LogP contribution in [0.4, 0.5) is 17.3 Å². The maximum absolute atomic E-state index is 12.5. The van der Waals surface area contributed by atoms with Gasteiger partial charge in [0.05, 0.1) is 11.5 Å². The minimum absolute atomic E-state index is 0.126. The molecule has 0 saturated heterocycles. The molecule has 2 aromatic carbocycles. The second kappa shape index (κ2) is 8.71. The van der Waals surface area contributed by atoms with Crippen LogP contribution < -0.4 is 14.4 Å². The van der Waals surface area contributed by atoms with Crippen LogP contribution in [0.3, 0.4) is 0 Å².